The van der Waals surface area contributed by atoms with Crippen LogP contribution in [-0.4, -0.2) is 27.5 Å². The van der Waals surface area contributed by atoms with Gasteiger partial charge in [-0.1, -0.05) is 24.6 Å². The average Bonchev–Trinajstić information content (AvgIpc) is 2.62. The molecule has 26 heavy (non-hydrogen) atoms. The molecule has 0 aromatic heterocycles. The van der Waals surface area contributed by atoms with Gasteiger partial charge in [0.25, 0.3) is 5.91 Å². The van der Waals surface area contributed by atoms with Gasteiger partial charge in [-0.2, -0.15) is 0 Å². The summed E-state index contributed by atoms with van der Waals surface area (Å²) in [6.07, 6.45) is 0.710. The normalized spacial score (nSPS) is 11.2. The van der Waals surface area contributed by atoms with Gasteiger partial charge in [0, 0.05) is 17.3 Å². The molecule has 0 radical (unpaired) electrons. The maximum atomic E-state index is 12.0. The molecule has 1 amide bonds. The van der Waals surface area contributed by atoms with Crippen molar-refractivity contribution in [2.45, 2.75) is 25.2 Å². The Morgan fingerprint density at radius 2 is 1.85 bits per heavy atom. The van der Waals surface area contributed by atoms with Crippen molar-refractivity contribution >= 4 is 33.2 Å². The molecule has 0 atom stereocenters. The Morgan fingerprint density at radius 1 is 1.15 bits per heavy atom. The molecule has 0 aliphatic carbocycles. The first kappa shape index (κ1) is 20.2. The van der Waals surface area contributed by atoms with Crippen molar-refractivity contribution in [2.24, 2.45) is 0 Å². The number of hydrogen-bond acceptors (Lipinski definition) is 4. The third kappa shape index (κ3) is 5.45. The van der Waals surface area contributed by atoms with E-state index < -0.39 is 10.0 Å². The van der Waals surface area contributed by atoms with Crippen LogP contribution in [0.3, 0.4) is 0 Å². The van der Waals surface area contributed by atoms with E-state index in [0.717, 1.165) is 5.56 Å². The van der Waals surface area contributed by atoms with E-state index in [1.807, 2.05) is 13.8 Å². The maximum Gasteiger partial charge on any atom is 0.262 e. The van der Waals surface area contributed by atoms with Gasteiger partial charge in [-0.3, -0.25) is 4.79 Å². The second-order valence-corrected chi connectivity index (χ2v) is 7.79. The van der Waals surface area contributed by atoms with Gasteiger partial charge in [-0.05, 0) is 55.3 Å². The van der Waals surface area contributed by atoms with E-state index in [1.54, 1.807) is 18.2 Å². The average molecular weight is 397 g/mol. The van der Waals surface area contributed by atoms with Gasteiger partial charge in [-0.15, -0.1) is 0 Å². The van der Waals surface area contributed by atoms with Crippen LogP contribution in [0.1, 0.15) is 18.9 Å². The summed E-state index contributed by atoms with van der Waals surface area (Å²) in [6, 6.07) is 11.1. The van der Waals surface area contributed by atoms with Crippen LogP contribution in [0.4, 0.5) is 5.69 Å². The van der Waals surface area contributed by atoms with Crippen LogP contribution >= 0.6 is 11.6 Å². The number of halogens is 1. The fourth-order valence-corrected chi connectivity index (χ4v) is 3.42. The van der Waals surface area contributed by atoms with Gasteiger partial charge in [0.1, 0.15) is 5.75 Å². The second kappa shape index (κ2) is 9.02. The predicted octanol–water partition coefficient (Wildman–Crippen LogP) is 3.35. The minimum Gasteiger partial charge on any atom is -0.484 e. The van der Waals surface area contributed by atoms with Gasteiger partial charge in [-0.25, -0.2) is 13.1 Å². The molecule has 0 saturated carbocycles. The van der Waals surface area contributed by atoms with E-state index in [2.05, 4.69) is 10.0 Å². The van der Waals surface area contributed by atoms with E-state index in [1.165, 1.54) is 24.3 Å². The van der Waals surface area contributed by atoms with E-state index in [9.17, 15) is 13.2 Å². The molecule has 0 aliphatic rings. The Morgan fingerprint density at radius 3 is 2.50 bits per heavy atom. The van der Waals surface area contributed by atoms with Crippen molar-refractivity contribution < 1.29 is 17.9 Å². The summed E-state index contributed by atoms with van der Waals surface area (Å²) in [4.78, 5) is 12.2. The van der Waals surface area contributed by atoms with Crippen LogP contribution in [-0.2, 0) is 14.8 Å². The molecule has 0 saturated heterocycles. The highest BCUT2D eigenvalue weighted by molar-refractivity contribution is 7.89. The number of carbonyl (C=O) groups is 1. The van der Waals surface area contributed by atoms with Crippen LogP contribution in [0, 0.1) is 6.92 Å². The van der Waals surface area contributed by atoms with Gasteiger partial charge < -0.3 is 10.1 Å². The number of amides is 1. The Kier molecular flexibility index (Phi) is 7.02. The van der Waals surface area contributed by atoms with Crippen molar-refractivity contribution in [3.63, 3.8) is 0 Å². The number of rotatable bonds is 8. The molecule has 0 fully saturated rings. The molecule has 2 rings (SSSR count). The van der Waals surface area contributed by atoms with Crippen molar-refractivity contribution in [3.8, 4) is 5.75 Å². The number of sulfonamides is 1. The van der Waals surface area contributed by atoms with Crippen LogP contribution in [0.15, 0.2) is 47.4 Å². The second-order valence-electron chi connectivity index (χ2n) is 5.62. The van der Waals surface area contributed by atoms with Crippen molar-refractivity contribution in [3.05, 3.63) is 53.1 Å². The first-order valence-electron chi connectivity index (χ1n) is 8.11. The number of anilines is 1. The lowest BCUT2D eigenvalue weighted by molar-refractivity contribution is -0.118. The van der Waals surface area contributed by atoms with E-state index in [-0.39, 0.29) is 17.4 Å². The molecule has 0 spiro atoms. The highest BCUT2D eigenvalue weighted by Gasteiger charge is 2.13. The molecular formula is C18H21ClN2O4S. The number of carbonyl (C=O) groups excluding carboxylic acids is 1. The zero-order valence-electron chi connectivity index (χ0n) is 14.6. The third-order valence-corrected chi connectivity index (χ3v) is 5.47. The number of nitrogens with one attached hydrogen (secondary N) is 2. The Bertz CT molecular complexity index is 867. The van der Waals surface area contributed by atoms with Crippen LogP contribution in [0.25, 0.3) is 0 Å². The SMILES string of the molecule is CCCNS(=O)(=O)c1ccc(OCC(=O)Nc2cccc(Cl)c2C)cc1. The summed E-state index contributed by atoms with van der Waals surface area (Å²) in [6.45, 7) is 3.87. The quantitative estimate of drug-likeness (QED) is 0.716. The summed E-state index contributed by atoms with van der Waals surface area (Å²) < 4.78 is 31.9. The Hall–Kier alpha value is -2.09. The molecule has 140 valence electrons. The Labute approximate surface area is 158 Å². The van der Waals surface area contributed by atoms with Crippen molar-refractivity contribution in [1.29, 1.82) is 0 Å². The molecule has 2 aromatic rings. The molecule has 0 bridgehead atoms. The fraction of sp³-hybridized carbons (Fsp3) is 0.278. The van der Waals surface area contributed by atoms with E-state index in [0.29, 0.717) is 29.4 Å². The molecule has 2 N–H and O–H groups in total. The Balaban J connectivity index is 1.93. The van der Waals surface area contributed by atoms with E-state index in [4.69, 9.17) is 16.3 Å². The lowest BCUT2D eigenvalue weighted by Gasteiger charge is -2.11. The maximum absolute atomic E-state index is 12.0. The minimum atomic E-state index is -3.52. The standard InChI is InChI=1S/C18H21ClN2O4S/c1-3-11-20-26(23,24)15-9-7-14(8-10-15)25-12-18(22)21-17-6-4-5-16(19)13(17)2/h4-10,20H,3,11-12H2,1-2H3,(H,21,22). The zero-order valence-corrected chi connectivity index (χ0v) is 16.2. The summed E-state index contributed by atoms with van der Waals surface area (Å²) >= 11 is 6.02. The minimum absolute atomic E-state index is 0.150. The van der Waals surface area contributed by atoms with Gasteiger partial charge in [0.05, 0.1) is 4.90 Å². The van der Waals surface area contributed by atoms with Crippen LogP contribution < -0.4 is 14.8 Å². The highest BCUT2D eigenvalue weighted by atomic mass is 35.5. The summed E-state index contributed by atoms with van der Waals surface area (Å²) in [5.41, 5.74) is 1.39. The number of benzene rings is 2. The lowest BCUT2D eigenvalue weighted by atomic mass is 10.2. The van der Waals surface area contributed by atoms with Crippen LogP contribution in [0.2, 0.25) is 5.02 Å². The van der Waals surface area contributed by atoms with Gasteiger partial charge in [0.2, 0.25) is 10.0 Å². The molecule has 8 heteroatoms. The summed E-state index contributed by atoms with van der Waals surface area (Å²) in [5.74, 6) is 0.0640. The molecule has 0 unspecified atom stereocenters. The van der Waals surface area contributed by atoms with Gasteiger partial charge >= 0.3 is 0 Å². The smallest absolute Gasteiger partial charge is 0.262 e. The largest absolute Gasteiger partial charge is 0.484 e. The first-order chi connectivity index (χ1) is 12.3. The van der Waals surface area contributed by atoms with Crippen molar-refractivity contribution in [2.75, 3.05) is 18.5 Å². The fourth-order valence-electron chi connectivity index (χ4n) is 2.11. The topological polar surface area (TPSA) is 84.5 Å². The molecule has 6 nitrogen and oxygen atoms in total. The lowest BCUT2D eigenvalue weighted by Crippen LogP contribution is -2.24. The third-order valence-electron chi connectivity index (χ3n) is 3.59. The monoisotopic (exact) mass is 396 g/mol. The van der Waals surface area contributed by atoms with Crippen molar-refractivity contribution in [1.82, 2.24) is 4.72 Å². The predicted molar refractivity (Wildman–Crippen MR) is 102 cm³/mol. The number of ether oxygens (including phenoxy) is 1. The molecular weight excluding hydrogens is 376 g/mol. The number of hydrogen-bond donors (Lipinski definition) is 2. The van der Waals surface area contributed by atoms with E-state index >= 15 is 0 Å². The molecule has 0 aliphatic heterocycles. The molecule has 0 heterocycles. The van der Waals surface area contributed by atoms with Crippen LogP contribution in [0.5, 0.6) is 5.75 Å². The summed E-state index contributed by atoms with van der Waals surface area (Å²) in [7, 11) is -3.52. The summed E-state index contributed by atoms with van der Waals surface area (Å²) in [5, 5.41) is 3.29. The first-order valence-corrected chi connectivity index (χ1v) is 9.97. The molecule has 2 aromatic carbocycles. The zero-order chi connectivity index (χ0) is 19.2. The van der Waals surface area contributed by atoms with Gasteiger partial charge in [0.15, 0.2) is 6.61 Å². The highest BCUT2D eigenvalue weighted by Crippen LogP contribution is 2.23.